The molecule has 2 aromatic carbocycles. The van der Waals surface area contributed by atoms with Crippen LogP contribution in [0.15, 0.2) is 48.0 Å². The van der Waals surface area contributed by atoms with Crippen molar-refractivity contribution in [1.82, 2.24) is 10.6 Å². The van der Waals surface area contributed by atoms with E-state index in [1.165, 1.54) is 7.11 Å². The lowest BCUT2D eigenvalue weighted by atomic mass is 9.92. The minimum absolute atomic E-state index is 0.193. The summed E-state index contributed by atoms with van der Waals surface area (Å²) in [7, 11) is 1.49. The second kappa shape index (κ2) is 9.54. The number of rotatable bonds is 7. The van der Waals surface area contributed by atoms with Gasteiger partial charge >= 0.3 is 12.0 Å². The van der Waals surface area contributed by atoms with Crippen LogP contribution in [-0.4, -0.2) is 32.3 Å². The van der Waals surface area contributed by atoms with E-state index in [9.17, 15) is 9.59 Å². The quantitative estimate of drug-likeness (QED) is 0.646. The molecule has 158 valence electrons. The Balaban J connectivity index is 2.21. The van der Waals surface area contributed by atoms with Gasteiger partial charge in [0.2, 0.25) is 0 Å². The summed E-state index contributed by atoms with van der Waals surface area (Å²) in [5.74, 6) is 0.256. The highest BCUT2D eigenvalue weighted by atomic mass is 35.5. The molecular formula is C22H23ClN2O5. The average Bonchev–Trinajstić information content (AvgIpc) is 2.74. The van der Waals surface area contributed by atoms with Gasteiger partial charge in [0.05, 0.1) is 42.7 Å². The number of ether oxygens (including phenoxy) is 3. The minimum Gasteiger partial charge on any atom is -0.491 e. The number of carbonyl (C=O) groups excluding carboxylic acids is 2. The fourth-order valence-electron chi connectivity index (χ4n) is 3.29. The third-order valence-electron chi connectivity index (χ3n) is 4.50. The fourth-order valence-corrected chi connectivity index (χ4v) is 3.59. The number of hydrogen-bond donors (Lipinski definition) is 2. The summed E-state index contributed by atoms with van der Waals surface area (Å²) in [5, 5.41) is 5.83. The Morgan fingerprint density at radius 1 is 1.13 bits per heavy atom. The molecule has 30 heavy (non-hydrogen) atoms. The zero-order valence-electron chi connectivity index (χ0n) is 17.0. The number of esters is 1. The zero-order chi connectivity index (χ0) is 21.7. The fraction of sp³-hybridized carbons (Fsp3) is 0.273. The molecule has 7 nitrogen and oxygen atoms in total. The Morgan fingerprint density at radius 3 is 2.50 bits per heavy atom. The maximum Gasteiger partial charge on any atom is 0.338 e. The van der Waals surface area contributed by atoms with Gasteiger partial charge in [0, 0.05) is 0 Å². The van der Waals surface area contributed by atoms with Crippen LogP contribution in [0.4, 0.5) is 4.79 Å². The molecule has 0 bridgehead atoms. The topological polar surface area (TPSA) is 85.9 Å². The van der Waals surface area contributed by atoms with Crippen LogP contribution in [0, 0.1) is 0 Å². The van der Waals surface area contributed by atoms with Crippen LogP contribution in [0.2, 0.25) is 5.02 Å². The summed E-state index contributed by atoms with van der Waals surface area (Å²) >= 11 is 6.40. The highest BCUT2D eigenvalue weighted by molar-refractivity contribution is 6.32. The Bertz CT molecular complexity index is 975. The normalized spacial score (nSPS) is 15.9. The number of methoxy groups -OCH3 is 1. The molecule has 0 saturated heterocycles. The molecule has 0 aliphatic carbocycles. The predicted octanol–water partition coefficient (Wildman–Crippen LogP) is 4.08. The number of halogens is 1. The van der Waals surface area contributed by atoms with Crippen LogP contribution in [0.25, 0.3) is 5.70 Å². The van der Waals surface area contributed by atoms with E-state index >= 15 is 0 Å². The molecule has 2 N–H and O–H groups in total. The minimum atomic E-state index is -0.796. The second-order valence-corrected chi connectivity index (χ2v) is 6.78. The van der Waals surface area contributed by atoms with Crippen LogP contribution in [0.1, 0.15) is 31.0 Å². The van der Waals surface area contributed by atoms with Crippen molar-refractivity contribution in [2.75, 3.05) is 20.3 Å². The third-order valence-corrected chi connectivity index (χ3v) is 4.78. The molecule has 3 rings (SSSR count). The van der Waals surface area contributed by atoms with E-state index < -0.39 is 18.0 Å². The van der Waals surface area contributed by atoms with Gasteiger partial charge in [-0.05, 0) is 37.1 Å². The lowest BCUT2D eigenvalue weighted by molar-refractivity contribution is -0.138. The molecule has 0 spiro atoms. The van der Waals surface area contributed by atoms with Crippen molar-refractivity contribution in [3.8, 4) is 11.5 Å². The summed E-state index contributed by atoms with van der Waals surface area (Å²) in [6, 6.07) is 11.2. The first-order valence-corrected chi connectivity index (χ1v) is 9.92. The Morgan fingerprint density at radius 2 is 1.87 bits per heavy atom. The van der Waals surface area contributed by atoms with Crippen molar-refractivity contribution in [2.45, 2.75) is 19.9 Å². The van der Waals surface area contributed by atoms with E-state index in [1.54, 1.807) is 19.1 Å². The lowest BCUT2D eigenvalue weighted by Gasteiger charge is -2.30. The van der Waals surface area contributed by atoms with Crippen molar-refractivity contribution in [2.24, 2.45) is 0 Å². The van der Waals surface area contributed by atoms with Crippen molar-refractivity contribution < 1.29 is 23.8 Å². The first kappa shape index (κ1) is 21.5. The number of benzene rings is 2. The molecule has 1 heterocycles. The highest BCUT2D eigenvalue weighted by Crippen LogP contribution is 2.41. The Hall–Kier alpha value is -3.19. The smallest absolute Gasteiger partial charge is 0.338 e. The molecule has 1 unspecified atom stereocenters. The molecule has 0 saturated carbocycles. The van der Waals surface area contributed by atoms with E-state index in [0.29, 0.717) is 40.0 Å². The van der Waals surface area contributed by atoms with Gasteiger partial charge in [0.25, 0.3) is 0 Å². The standard InChI is InChI=1S/C22H23ClN2O5/c1-4-29-16-12-14(11-15(23)20(16)28-3)19-17(21(26)30-5-2)18(24-22(27)25-19)13-9-7-6-8-10-13/h6-12,19H,4-5H2,1-3H3,(H2,24,25,27). The van der Waals surface area contributed by atoms with Gasteiger partial charge in [-0.15, -0.1) is 0 Å². The van der Waals surface area contributed by atoms with Gasteiger partial charge in [-0.2, -0.15) is 0 Å². The molecule has 2 amide bonds. The largest absolute Gasteiger partial charge is 0.491 e. The van der Waals surface area contributed by atoms with Crippen molar-refractivity contribution in [3.05, 3.63) is 64.2 Å². The second-order valence-electron chi connectivity index (χ2n) is 6.37. The van der Waals surface area contributed by atoms with Crippen LogP contribution in [-0.2, 0) is 9.53 Å². The predicted molar refractivity (Wildman–Crippen MR) is 114 cm³/mol. The maximum atomic E-state index is 12.9. The number of amides is 2. The summed E-state index contributed by atoms with van der Waals surface area (Å²) in [6.45, 7) is 4.15. The summed E-state index contributed by atoms with van der Waals surface area (Å²) in [4.78, 5) is 25.4. The summed E-state index contributed by atoms with van der Waals surface area (Å²) in [5.41, 5.74) is 1.90. The number of hydrogen-bond acceptors (Lipinski definition) is 5. The first-order chi connectivity index (χ1) is 14.5. The van der Waals surface area contributed by atoms with E-state index in [2.05, 4.69) is 10.6 Å². The first-order valence-electron chi connectivity index (χ1n) is 9.54. The van der Waals surface area contributed by atoms with Gasteiger partial charge in [0.15, 0.2) is 11.5 Å². The van der Waals surface area contributed by atoms with E-state index in [4.69, 9.17) is 25.8 Å². The molecule has 0 radical (unpaired) electrons. The molecule has 1 aliphatic heterocycles. The monoisotopic (exact) mass is 430 g/mol. The molecular weight excluding hydrogens is 408 g/mol. The average molecular weight is 431 g/mol. The van der Waals surface area contributed by atoms with Crippen LogP contribution < -0.4 is 20.1 Å². The van der Waals surface area contributed by atoms with Crippen molar-refractivity contribution >= 4 is 29.3 Å². The maximum absolute atomic E-state index is 12.9. The molecule has 2 aromatic rings. The van der Waals surface area contributed by atoms with E-state index in [1.807, 2.05) is 37.3 Å². The van der Waals surface area contributed by atoms with Gasteiger partial charge in [-0.25, -0.2) is 9.59 Å². The van der Waals surface area contributed by atoms with E-state index in [-0.39, 0.29) is 12.2 Å². The molecule has 8 heteroatoms. The number of nitrogens with one attached hydrogen (secondary N) is 2. The van der Waals surface area contributed by atoms with Crippen molar-refractivity contribution in [1.29, 1.82) is 0 Å². The summed E-state index contributed by atoms with van der Waals surface area (Å²) in [6.07, 6.45) is 0. The van der Waals surface area contributed by atoms with Crippen LogP contribution >= 0.6 is 11.6 Å². The van der Waals surface area contributed by atoms with Gasteiger partial charge in [0.1, 0.15) is 0 Å². The molecule has 1 atom stereocenters. The zero-order valence-corrected chi connectivity index (χ0v) is 17.7. The summed E-state index contributed by atoms with van der Waals surface area (Å²) < 4.78 is 16.3. The molecule has 1 aliphatic rings. The third kappa shape index (κ3) is 4.36. The lowest BCUT2D eigenvalue weighted by Crippen LogP contribution is -2.45. The van der Waals surface area contributed by atoms with Crippen LogP contribution in [0.3, 0.4) is 0 Å². The van der Waals surface area contributed by atoms with Gasteiger partial charge in [-0.1, -0.05) is 41.9 Å². The van der Waals surface area contributed by atoms with Gasteiger partial charge in [-0.3, -0.25) is 0 Å². The van der Waals surface area contributed by atoms with Crippen LogP contribution in [0.5, 0.6) is 11.5 Å². The van der Waals surface area contributed by atoms with E-state index in [0.717, 1.165) is 0 Å². The van der Waals surface area contributed by atoms with Crippen molar-refractivity contribution in [3.63, 3.8) is 0 Å². The van der Waals surface area contributed by atoms with Gasteiger partial charge < -0.3 is 24.8 Å². The Labute approximate surface area is 180 Å². The Kier molecular flexibility index (Phi) is 6.84. The highest BCUT2D eigenvalue weighted by Gasteiger charge is 2.35. The molecule has 0 fully saturated rings. The number of urea groups is 1. The SMILES string of the molecule is CCOC(=O)C1=C(c2ccccc2)NC(=O)NC1c1cc(Cl)c(OC)c(OCC)c1. The number of carbonyl (C=O) groups is 2. The molecule has 0 aromatic heterocycles.